The van der Waals surface area contributed by atoms with E-state index in [1.54, 1.807) is 12.1 Å². The Morgan fingerprint density at radius 3 is 2.73 bits per heavy atom. The highest BCUT2D eigenvalue weighted by Crippen LogP contribution is 2.46. The van der Waals surface area contributed by atoms with Crippen LogP contribution in [0.4, 0.5) is 20.9 Å². The van der Waals surface area contributed by atoms with E-state index in [0.717, 1.165) is 10.6 Å². The van der Waals surface area contributed by atoms with Crippen LogP contribution in [-0.2, 0) is 4.79 Å². The number of ketones is 1. The van der Waals surface area contributed by atoms with E-state index < -0.39 is 0 Å². The minimum Gasteiger partial charge on any atom is -0.337 e. The Bertz CT molecular complexity index is 1170. The number of hydrogen-bond acceptors (Lipinski definition) is 9. The van der Waals surface area contributed by atoms with Crippen molar-refractivity contribution in [1.29, 1.82) is 5.26 Å². The first-order valence-electron chi connectivity index (χ1n) is 8.72. The molecule has 0 aliphatic carbocycles. The molecular formula is C20H14FN5OS3. The lowest BCUT2D eigenvalue weighted by Crippen LogP contribution is -2.16. The van der Waals surface area contributed by atoms with Crippen LogP contribution in [0.1, 0.15) is 0 Å². The zero-order chi connectivity index (χ0) is 21.1. The zero-order valence-corrected chi connectivity index (χ0v) is 18.1. The number of fused-ring (bicyclic) bond motifs is 1. The summed E-state index contributed by atoms with van der Waals surface area (Å²) in [4.78, 5) is 15.6. The summed E-state index contributed by atoms with van der Waals surface area (Å²) in [5, 5.41) is 21.9. The predicted molar refractivity (Wildman–Crippen MR) is 119 cm³/mol. The number of aromatic nitrogens is 2. The van der Waals surface area contributed by atoms with Crippen LogP contribution < -0.4 is 10.2 Å². The molecule has 1 aliphatic heterocycles. The topological polar surface area (TPSA) is 81.9 Å². The Hall–Kier alpha value is -2.87. The van der Waals surface area contributed by atoms with Gasteiger partial charge in [-0.1, -0.05) is 47.0 Å². The second-order valence-corrected chi connectivity index (χ2v) is 9.37. The van der Waals surface area contributed by atoms with Gasteiger partial charge in [0, 0.05) is 17.6 Å². The van der Waals surface area contributed by atoms with Crippen molar-refractivity contribution in [3.05, 3.63) is 65.0 Å². The molecule has 30 heavy (non-hydrogen) atoms. The van der Waals surface area contributed by atoms with E-state index in [4.69, 9.17) is 0 Å². The van der Waals surface area contributed by atoms with Crippen LogP contribution in [0.5, 0.6) is 0 Å². The second kappa shape index (κ2) is 8.87. The number of allylic oxidation sites excluding steroid dienone is 1. The van der Waals surface area contributed by atoms with E-state index in [1.165, 1.54) is 47.0 Å². The van der Waals surface area contributed by atoms with Crippen molar-refractivity contribution < 1.29 is 9.18 Å². The highest BCUT2D eigenvalue weighted by molar-refractivity contribution is 8.04. The van der Waals surface area contributed by atoms with Crippen LogP contribution >= 0.6 is 34.9 Å². The third kappa shape index (κ3) is 4.33. The van der Waals surface area contributed by atoms with Gasteiger partial charge in [0.2, 0.25) is 5.13 Å². The lowest BCUT2D eigenvalue weighted by molar-refractivity contribution is -0.112. The Labute approximate surface area is 184 Å². The van der Waals surface area contributed by atoms with Crippen molar-refractivity contribution in [1.82, 2.24) is 10.2 Å². The third-order valence-corrected chi connectivity index (χ3v) is 7.38. The molecular weight excluding hydrogens is 441 g/mol. The number of hydrogen-bond donors (Lipinski definition) is 1. The Morgan fingerprint density at radius 2 is 2.00 bits per heavy atom. The number of para-hydroxylation sites is 1. The number of Topliss-reactive ketones (excluding diaryl/α,β-unsaturated/α-hetero) is 1. The average Bonchev–Trinajstić information content (AvgIpc) is 3.33. The fourth-order valence-electron chi connectivity index (χ4n) is 2.73. The molecule has 0 spiro atoms. The summed E-state index contributed by atoms with van der Waals surface area (Å²) in [6, 6.07) is 15.8. The standard InChI is InChI=1S/C20H14FN5OS3/c1-26-15-4-2-3-5-17(15)29-18(26)14(10-22)16(27)11-28-20-25-24-19(30-20)23-13-8-6-12(21)7-9-13/h2-9H,11H2,1H3,(H,23,24)/b18-14-. The fraction of sp³-hybridized carbons (Fsp3) is 0.100. The zero-order valence-electron chi connectivity index (χ0n) is 15.6. The summed E-state index contributed by atoms with van der Waals surface area (Å²) in [6.07, 6.45) is 0. The minimum absolute atomic E-state index is 0.0856. The van der Waals surface area contributed by atoms with Crippen LogP contribution in [0.15, 0.2) is 68.4 Å². The third-order valence-electron chi connectivity index (χ3n) is 4.17. The normalized spacial score (nSPS) is 14.2. The van der Waals surface area contributed by atoms with Gasteiger partial charge in [-0.2, -0.15) is 5.26 Å². The lowest BCUT2D eigenvalue weighted by Gasteiger charge is -2.14. The maximum atomic E-state index is 13.0. The molecule has 10 heteroatoms. The molecule has 0 fully saturated rings. The first-order chi connectivity index (χ1) is 14.5. The Morgan fingerprint density at radius 1 is 1.23 bits per heavy atom. The summed E-state index contributed by atoms with van der Waals surface area (Å²) in [5.41, 5.74) is 1.81. The highest BCUT2D eigenvalue weighted by Gasteiger charge is 2.27. The average molecular weight is 456 g/mol. The first-order valence-corrected chi connectivity index (χ1v) is 11.3. The van der Waals surface area contributed by atoms with Crippen LogP contribution in [0, 0.1) is 17.1 Å². The Balaban J connectivity index is 1.41. The second-order valence-electron chi connectivity index (χ2n) is 6.14. The van der Waals surface area contributed by atoms with Crippen LogP contribution in [0.3, 0.4) is 0 Å². The molecule has 1 aliphatic rings. The molecule has 150 valence electrons. The van der Waals surface area contributed by atoms with E-state index in [9.17, 15) is 14.4 Å². The SMILES string of the molecule is CN1/C(=C(\C#N)C(=O)CSc2nnc(Nc3ccc(F)cc3)s2)Sc2ccccc21. The number of benzene rings is 2. The van der Waals surface area contributed by atoms with E-state index in [2.05, 4.69) is 21.6 Å². The molecule has 3 aromatic rings. The van der Waals surface area contributed by atoms with E-state index in [-0.39, 0.29) is 22.9 Å². The molecule has 1 aromatic heterocycles. The van der Waals surface area contributed by atoms with Crippen LogP contribution in [0.2, 0.25) is 0 Å². The number of rotatable bonds is 6. The lowest BCUT2D eigenvalue weighted by atomic mass is 10.2. The molecule has 0 atom stereocenters. The molecule has 1 N–H and O–H groups in total. The summed E-state index contributed by atoms with van der Waals surface area (Å²) >= 11 is 3.94. The van der Waals surface area contributed by atoms with Gasteiger partial charge in [-0.05, 0) is 36.4 Å². The molecule has 0 saturated heterocycles. The van der Waals surface area contributed by atoms with Gasteiger partial charge in [0.15, 0.2) is 10.1 Å². The smallest absolute Gasteiger partial charge is 0.210 e. The van der Waals surface area contributed by atoms with Gasteiger partial charge in [-0.25, -0.2) is 4.39 Å². The molecule has 0 unspecified atom stereocenters. The molecule has 2 heterocycles. The largest absolute Gasteiger partial charge is 0.337 e. The van der Waals surface area contributed by atoms with Crippen molar-refractivity contribution in [2.75, 3.05) is 23.0 Å². The number of nitriles is 1. The van der Waals surface area contributed by atoms with Crippen LogP contribution in [-0.4, -0.2) is 28.8 Å². The van der Waals surface area contributed by atoms with Gasteiger partial charge in [0.25, 0.3) is 0 Å². The molecule has 4 rings (SSSR count). The molecule has 0 bridgehead atoms. The monoisotopic (exact) mass is 455 g/mol. The van der Waals surface area contributed by atoms with Gasteiger partial charge < -0.3 is 10.2 Å². The first kappa shape index (κ1) is 20.4. The van der Waals surface area contributed by atoms with Crippen molar-refractivity contribution in [2.45, 2.75) is 9.24 Å². The molecule has 0 saturated carbocycles. The molecule has 6 nitrogen and oxygen atoms in total. The van der Waals surface area contributed by atoms with Gasteiger partial charge in [0.05, 0.1) is 11.4 Å². The van der Waals surface area contributed by atoms with Gasteiger partial charge in [0.1, 0.15) is 22.5 Å². The summed E-state index contributed by atoms with van der Waals surface area (Å²) < 4.78 is 13.6. The van der Waals surface area contributed by atoms with Crippen molar-refractivity contribution in [3.8, 4) is 6.07 Å². The highest BCUT2D eigenvalue weighted by atomic mass is 32.2. The quantitative estimate of drug-likeness (QED) is 0.314. The van der Waals surface area contributed by atoms with Gasteiger partial charge in [-0.15, -0.1) is 10.2 Å². The fourth-order valence-corrected chi connectivity index (χ4v) is 5.53. The minimum atomic E-state index is -0.316. The van der Waals surface area contributed by atoms with Crippen LogP contribution in [0.25, 0.3) is 0 Å². The van der Waals surface area contributed by atoms with Crippen molar-refractivity contribution in [3.63, 3.8) is 0 Å². The maximum absolute atomic E-state index is 13.0. The summed E-state index contributed by atoms with van der Waals surface area (Å²) in [6.45, 7) is 0. The summed E-state index contributed by atoms with van der Waals surface area (Å²) in [7, 11) is 1.85. The number of carbonyl (C=O) groups is 1. The van der Waals surface area contributed by atoms with Gasteiger partial charge >= 0.3 is 0 Å². The summed E-state index contributed by atoms with van der Waals surface area (Å²) in [5.74, 6) is -0.487. The molecule has 0 radical (unpaired) electrons. The van der Waals surface area contributed by atoms with Crippen molar-refractivity contribution in [2.24, 2.45) is 0 Å². The molecule has 0 amide bonds. The number of anilines is 3. The van der Waals surface area contributed by atoms with Crippen molar-refractivity contribution >= 4 is 57.2 Å². The number of halogens is 1. The predicted octanol–water partition coefficient (Wildman–Crippen LogP) is 5.06. The van der Waals surface area contributed by atoms with E-state index >= 15 is 0 Å². The van der Waals surface area contributed by atoms with Gasteiger partial charge in [-0.3, -0.25) is 4.79 Å². The number of thioether (sulfide) groups is 2. The molecule has 2 aromatic carbocycles. The Kier molecular flexibility index (Phi) is 6.03. The number of nitrogens with one attached hydrogen (secondary N) is 1. The van der Waals surface area contributed by atoms with E-state index in [0.29, 0.717) is 20.2 Å². The van der Waals surface area contributed by atoms with E-state index in [1.807, 2.05) is 36.2 Å². The number of nitrogens with zero attached hydrogens (tertiary/aromatic N) is 4. The maximum Gasteiger partial charge on any atom is 0.210 e. The number of carbonyl (C=O) groups excluding carboxylic acids is 1.